The summed E-state index contributed by atoms with van der Waals surface area (Å²) in [6.07, 6.45) is 0. The summed E-state index contributed by atoms with van der Waals surface area (Å²) in [6, 6.07) is 21.7. The van der Waals surface area contributed by atoms with Gasteiger partial charge in [-0.1, -0.05) is 72.4 Å². The van der Waals surface area contributed by atoms with Gasteiger partial charge in [-0.3, -0.25) is 4.79 Å². The van der Waals surface area contributed by atoms with E-state index in [1.54, 1.807) is 6.92 Å². The first-order chi connectivity index (χ1) is 17.0. The van der Waals surface area contributed by atoms with Crippen molar-refractivity contribution in [1.29, 1.82) is 0 Å². The van der Waals surface area contributed by atoms with E-state index in [1.165, 1.54) is 23.1 Å². The number of hydrogen-bond donors (Lipinski definition) is 1. The number of benzene rings is 2. The van der Waals surface area contributed by atoms with E-state index < -0.39 is 5.97 Å². The largest absolute Gasteiger partial charge is 0.462 e. The third-order valence-electron chi connectivity index (χ3n) is 5.29. The molecule has 2 aromatic carbocycles. The van der Waals surface area contributed by atoms with Crippen LogP contribution in [0.1, 0.15) is 27.7 Å². The van der Waals surface area contributed by atoms with Gasteiger partial charge in [-0.15, -0.1) is 11.3 Å². The molecule has 0 saturated carbocycles. The van der Waals surface area contributed by atoms with E-state index in [9.17, 15) is 9.59 Å². The van der Waals surface area contributed by atoms with Gasteiger partial charge >= 0.3 is 5.97 Å². The summed E-state index contributed by atoms with van der Waals surface area (Å²) in [5, 5.41) is 3.89. The quantitative estimate of drug-likeness (QED) is 0.170. The second-order valence-corrected chi connectivity index (χ2v) is 9.86. The number of amides is 1. The Bertz CT molecular complexity index is 1280. The molecule has 0 aliphatic carbocycles. The number of carbonyl (C=O) groups excluding carboxylic acids is 2. The number of aromatic nitrogens is 2. The first-order valence-electron chi connectivity index (χ1n) is 11.2. The van der Waals surface area contributed by atoms with Crippen molar-refractivity contribution in [2.75, 3.05) is 17.7 Å². The maximum atomic E-state index is 12.8. The number of thiophene rings is 1. The fourth-order valence-corrected chi connectivity index (χ4v) is 5.18. The summed E-state index contributed by atoms with van der Waals surface area (Å²) in [4.78, 5) is 35.6. The predicted molar refractivity (Wildman–Crippen MR) is 142 cm³/mol. The molecule has 0 radical (unpaired) electrons. The molecule has 8 heteroatoms. The number of rotatable bonds is 8. The molecular formula is C27H25N3O3S2. The number of thioether (sulfide) groups is 1. The molecule has 1 N–H and O–H groups in total. The second kappa shape index (κ2) is 11.3. The van der Waals surface area contributed by atoms with Crippen LogP contribution >= 0.6 is 23.1 Å². The minimum absolute atomic E-state index is 0.102. The predicted octanol–water partition coefficient (Wildman–Crippen LogP) is 6.40. The van der Waals surface area contributed by atoms with Gasteiger partial charge in [0, 0.05) is 16.0 Å². The molecule has 1 amide bonds. The molecule has 6 nitrogen and oxygen atoms in total. The van der Waals surface area contributed by atoms with Crippen molar-refractivity contribution in [2.24, 2.45) is 0 Å². The Balaban J connectivity index is 1.55. The SMILES string of the molecule is CCOC(=O)c1c(NC(=O)CSc2nc(-c3ccccc3)cc(-c3ccccc3)n2)sc(C)c1C. The molecule has 0 unspecified atom stereocenters. The highest BCUT2D eigenvalue weighted by Gasteiger charge is 2.22. The molecule has 2 heterocycles. The summed E-state index contributed by atoms with van der Waals surface area (Å²) in [6.45, 7) is 5.81. The lowest BCUT2D eigenvalue weighted by Crippen LogP contribution is -2.16. The molecule has 0 atom stereocenters. The maximum absolute atomic E-state index is 12.8. The van der Waals surface area contributed by atoms with Gasteiger partial charge in [0.2, 0.25) is 5.91 Å². The first kappa shape index (κ1) is 24.6. The van der Waals surface area contributed by atoms with Crippen LogP contribution in [0.15, 0.2) is 71.9 Å². The number of nitrogens with zero attached hydrogens (tertiary/aromatic N) is 2. The van der Waals surface area contributed by atoms with Gasteiger partial charge in [0.15, 0.2) is 5.16 Å². The summed E-state index contributed by atoms with van der Waals surface area (Å²) in [5.74, 6) is -0.564. The van der Waals surface area contributed by atoms with Crippen molar-refractivity contribution in [1.82, 2.24) is 9.97 Å². The van der Waals surface area contributed by atoms with Crippen molar-refractivity contribution in [3.05, 3.63) is 82.7 Å². The highest BCUT2D eigenvalue weighted by molar-refractivity contribution is 7.99. The highest BCUT2D eigenvalue weighted by atomic mass is 32.2. The summed E-state index contributed by atoms with van der Waals surface area (Å²) in [5.41, 5.74) is 4.76. The van der Waals surface area contributed by atoms with Gasteiger partial charge in [-0.2, -0.15) is 0 Å². The van der Waals surface area contributed by atoms with Crippen LogP contribution in [-0.2, 0) is 9.53 Å². The molecule has 0 aliphatic rings. The first-order valence-corrected chi connectivity index (χ1v) is 13.0. The van der Waals surface area contributed by atoms with E-state index in [2.05, 4.69) is 5.32 Å². The molecule has 178 valence electrons. The van der Waals surface area contributed by atoms with Gasteiger partial charge in [0.25, 0.3) is 0 Å². The highest BCUT2D eigenvalue weighted by Crippen LogP contribution is 2.33. The summed E-state index contributed by atoms with van der Waals surface area (Å²) >= 11 is 2.63. The Labute approximate surface area is 212 Å². The Hall–Kier alpha value is -3.49. The zero-order valence-corrected chi connectivity index (χ0v) is 21.3. The van der Waals surface area contributed by atoms with Crippen LogP contribution < -0.4 is 5.32 Å². The van der Waals surface area contributed by atoms with Crippen LogP contribution in [0.3, 0.4) is 0 Å². The third-order valence-corrected chi connectivity index (χ3v) is 7.26. The fraction of sp³-hybridized carbons (Fsp3) is 0.185. The van der Waals surface area contributed by atoms with Gasteiger partial charge < -0.3 is 10.1 Å². The van der Waals surface area contributed by atoms with E-state index in [1.807, 2.05) is 80.6 Å². The van der Waals surface area contributed by atoms with Crippen molar-refractivity contribution in [3.63, 3.8) is 0 Å². The fourth-order valence-electron chi connectivity index (χ4n) is 3.46. The molecule has 0 saturated heterocycles. The van der Waals surface area contributed by atoms with Gasteiger partial charge in [0.1, 0.15) is 5.00 Å². The van der Waals surface area contributed by atoms with Crippen LogP contribution in [0.5, 0.6) is 0 Å². The van der Waals surface area contributed by atoms with Crippen LogP contribution in [0.4, 0.5) is 5.00 Å². The third kappa shape index (κ3) is 5.96. The standard InChI is InChI=1S/C27H25N3O3S2/c1-4-33-26(32)24-17(2)18(3)35-25(24)30-23(31)16-34-27-28-21(19-11-7-5-8-12-19)15-22(29-27)20-13-9-6-10-14-20/h5-15H,4,16H2,1-3H3,(H,30,31). The zero-order chi connectivity index (χ0) is 24.8. The molecule has 4 aromatic rings. The smallest absolute Gasteiger partial charge is 0.341 e. The Kier molecular flexibility index (Phi) is 7.94. The monoisotopic (exact) mass is 503 g/mol. The lowest BCUT2D eigenvalue weighted by Gasteiger charge is -2.09. The molecule has 4 rings (SSSR count). The molecule has 35 heavy (non-hydrogen) atoms. The minimum atomic E-state index is -0.427. The molecule has 0 aliphatic heterocycles. The van der Waals surface area contributed by atoms with E-state index in [4.69, 9.17) is 14.7 Å². The van der Waals surface area contributed by atoms with Gasteiger partial charge in [0.05, 0.1) is 29.3 Å². The second-order valence-electron chi connectivity index (χ2n) is 7.70. The summed E-state index contributed by atoms with van der Waals surface area (Å²) < 4.78 is 5.18. The lowest BCUT2D eigenvalue weighted by atomic mass is 10.1. The zero-order valence-electron chi connectivity index (χ0n) is 19.7. The lowest BCUT2D eigenvalue weighted by molar-refractivity contribution is -0.113. The van der Waals surface area contributed by atoms with Crippen LogP contribution in [-0.4, -0.2) is 34.2 Å². The number of aryl methyl sites for hydroxylation is 1. The molecular weight excluding hydrogens is 478 g/mol. The Morgan fingerprint density at radius 3 is 2.06 bits per heavy atom. The van der Waals surface area contributed by atoms with Gasteiger partial charge in [-0.25, -0.2) is 14.8 Å². The maximum Gasteiger partial charge on any atom is 0.341 e. The Morgan fingerprint density at radius 1 is 0.943 bits per heavy atom. The van der Waals surface area contributed by atoms with Crippen molar-refractivity contribution in [2.45, 2.75) is 25.9 Å². The molecule has 0 spiro atoms. The van der Waals surface area contributed by atoms with E-state index >= 15 is 0 Å². The van der Waals surface area contributed by atoms with E-state index in [0.717, 1.165) is 33.0 Å². The number of carbonyl (C=O) groups is 2. The molecule has 0 bridgehead atoms. The van der Waals surface area contributed by atoms with Crippen LogP contribution in [0, 0.1) is 13.8 Å². The number of ether oxygens (including phenoxy) is 1. The number of nitrogens with one attached hydrogen (secondary N) is 1. The van der Waals surface area contributed by atoms with Gasteiger partial charge in [-0.05, 0) is 32.4 Å². The van der Waals surface area contributed by atoms with E-state index in [-0.39, 0.29) is 18.3 Å². The Morgan fingerprint density at radius 2 is 1.51 bits per heavy atom. The van der Waals surface area contributed by atoms with E-state index in [0.29, 0.717) is 15.7 Å². The van der Waals surface area contributed by atoms with Crippen molar-refractivity contribution >= 4 is 40.0 Å². The topological polar surface area (TPSA) is 81.2 Å². The van der Waals surface area contributed by atoms with Crippen LogP contribution in [0.25, 0.3) is 22.5 Å². The molecule has 0 fully saturated rings. The number of anilines is 1. The number of esters is 1. The average Bonchev–Trinajstić information content (AvgIpc) is 3.16. The number of hydrogen-bond acceptors (Lipinski definition) is 7. The minimum Gasteiger partial charge on any atom is -0.462 e. The normalized spacial score (nSPS) is 10.7. The van der Waals surface area contributed by atoms with Crippen LogP contribution in [0.2, 0.25) is 0 Å². The average molecular weight is 504 g/mol. The van der Waals surface area contributed by atoms with Crippen molar-refractivity contribution < 1.29 is 14.3 Å². The molecule has 2 aromatic heterocycles. The summed E-state index contributed by atoms with van der Waals surface area (Å²) in [7, 11) is 0. The van der Waals surface area contributed by atoms with Crippen molar-refractivity contribution in [3.8, 4) is 22.5 Å².